The SMILES string of the molecule is CC(C)NC(Cc1cccnc1)C(=O)O. The number of aromatic nitrogens is 1. The summed E-state index contributed by atoms with van der Waals surface area (Å²) in [5, 5.41) is 12.0. The zero-order valence-corrected chi connectivity index (χ0v) is 8.97. The molecular formula is C11H16N2O2. The standard InChI is InChI=1S/C11H16N2O2/c1-8(2)13-10(11(14)15)6-9-4-3-5-12-7-9/h3-5,7-8,10,13H,6H2,1-2H3,(H,14,15). The van der Waals surface area contributed by atoms with E-state index in [2.05, 4.69) is 10.3 Å². The van der Waals surface area contributed by atoms with E-state index in [0.29, 0.717) is 6.42 Å². The van der Waals surface area contributed by atoms with Crippen molar-refractivity contribution in [3.8, 4) is 0 Å². The molecule has 0 aliphatic rings. The van der Waals surface area contributed by atoms with Crippen molar-refractivity contribution in [1.29, 1.82) is 0 Å². The van der Waals surface area contributed by atoms with Crippen LogP contribution in [0, 0.1) is 0 Å². The van der Waals surface area contributed by atoms with Crippen LogP contribution in [0.3, 0.4) is 0 Å². The Kier molecular flexibility index (Phi) is 4.24. The van der Waals surface area contributed by atoms with Crippen molar-refractivity contribution in [2.45, 2.75) is 32.4 Å². The van der Waals surface area contributed by atoms with Crippen LogP contribution in [0.25, 0.3) is 0 Å². The Morgan fingerprint density at radius 3 is 2.80 bits per heavy atom. The molecule has 15 heavy (non-hydrogen) atoms. The molecule has 0 aromatic carbocycles. The molecule has 0 radical (unpaired) electrons. The van der Waals surface area contributed by atoms with E-state index in [0.717, 1.165) is 5.56 Å². The van der Waals surface area contributed by atoms with E-state index in [1.165, 1.54) is 0 Å². The zero-order valence-electron chi connectivity index (χ0n) is 8.97. The van der Waals surface area contributed by atoms with Crippen LogP contribution in [-0.4, -0.2) is 28.1 Å². The predicted octanol–water partition coefficient (Wildman–Crippen LogP) is 1.08. The van der Waals surface area contributed by atoms with Crippen LogP contribution in [0.1, 0.15) is 19.4 Å². The van der Waals surface area contributed by atoms with Crippen LogP contribution in [0.4, 0.5) is 0 Å². The van der Waals surface area contributed by atoms with Gasteiger partial charge in [0.25, 0.3) is 0 Å². The molecule has 0 spiro atoms. The van der Waals surface area contributed by atoms with Gasteiger partial charge in [0.15, 0.2) is 0 Å². The van der Waals surface area contributed by atoms with E-state index in [1.54, 1.807) is 12.4 Å². The first kappa shape index (κ1) is 11.7. The maximum Gasteiger partial charge on any atom is 0.321 e. The van der Waals surface area contributed by atoms with Crippen molar-refractivity contribution in [3.05, 3.63) is 30.1 Å². The minimum Gasteiger partial charge on any atom is -0.480 e. The number of nitrogens with zero attached hydrogens (tertiary/aromatic N) is 1. The van der Waals surface area contributed by atoms with Crippen molar-refractivity contribution >= 4 is 5.97 Å². The van der Waals surface area contributed by atoms with E-state index < -0.39 is 12.0 Å². The maximum absolute atomic E-state index is 11.0. The second-order valence-corrected chi connectivity index (χ2v) is 3.78. The van der Waals surface area contributed by atoms with Gasteiger partial charge in [0.05, 0.1) is 0 Å². The molecule has 1 rings (SSSR count). The molecule has 4 nitrogen and oxygen atoms in total. The lowest BCUT2D eigenvalue weighted by Crippen LogP contribution is -2.42. The van der Waals surface area contributed by atoms with Crippen LogP contribution in [0.5, 0.6) is 0 Å². The normalized spacial score (nSPS) is 12.7. The summed E-state index contributed by atoms with van der Waals surface area (Å²) in [7, 11) is 0. The van der Waals surface area contributed by atoms with Crippen LogP contribution in [0.2, 0.25) is 0 Å². The summed E-state index contributed by atoms with van der Waals surface area (Å²) in [5.74, 6) is -0.826. The number of rotatable bonds is 5. The smallest absolute Gasteiger partial charge is 0.321 e. The topological polar surface area (TPSA) is 62.2 Å². The Morgan fingerprint density at radius 2 is 2.33 bits per heavy atom. The number of carbonyl (C=O) groups is 1. The Hall–Kier alpha value is -1.42. The third kappa shape index (κ3) is 4.08. The van der Waals surface area contributed by atoms with Crippen LogP contribution in [0.15, 0.2) is 24.5 Å². The number of carboxylic acids is 1. The van der Waals surface area contributed by atoms with Crippen molar-refractivity contribution in [3.63, 3.8) is 0 Å². The average Bonchev–Trinajstić information content (AvgIpc) is 2.17. The minimum atomic E-state index is -0.826. The molecule has 1 aromatic rings. The van der Waals surface area contributed by atoms with E-state index in [9.17, 15) is 4.79 Å². The summed E-state index contributed by atoms with van der Waals surface area (Å²) < 4.78 is 0. The first-order chi connectivity index (χ1) is 7.09. The molecule has 0 saturated heterocycles. The molecule has 2 N–H and O–H groups in total. The lowest BCUT2D eigenvalue weighted by atomic mass is 10.1. The fourth-order valence-corrected chi connectivity index (χ4v) is 1.37. The van der Waals surface area contributed by atoms with Crippen LogP contribution < -0.4 is 5.32 Å². The summed E-state index contributed by atoms with van der Waals surface area (Å²) in [6, 6.07) is 3.30. The molecule has 0 saturated carbocycles. The van der Waals surface area contributed by atoms with E-state index in [4.69, 9.17) is 5.11 Å². The molecule has 0 amide bonds. The van der Waals surface area contributed by atoms with Gasteiger partial charge in [-0.15, -0.1) is 0 Å². The molecule has 4 heteroatoms. The molecule has 1 aromatic heterocycles. The zero-order chi connectivity index (χ0) is 11.3. The molecule has 1 atom stereocenters. The number of pyridine rings is 1. The molecule has 82 valence electrons. The van der Waals surface area contributed by atoms with Gasteiger partial charge in [-0.1, -0.05) is 19.9 Å². The first-order valence-corrected chi connectivity index (χ1v) is 4.97. The number of aliphatic carboxylic acids is 1. The number of hydrogen-bond acceptors (Lipinski definition) is 3. The maximum atomic E-state index is 11.0. The highest BCUT2D eigenvalue weighted by atomic mass is 16.4. The van der Waals surface area contributed by atoms with E-state index >= 15 is 0 Å². The fraction of sp³-hybridized carbons (Fsp3) is 0.455. The van der Waals surface area contributed by atoms with E-state index in [1.807, 2.05) is 26.0 Å². The molecule has 1 heterocycles. The molecular weight excluding hydrogens is 192 g/mol. The summed E-state index contributed by atoms with van der Waals surface area (Å²) in [6.07, 6.45) is 3.83. The Labute approximate surface area is 89.3 Å². The van der Waals surface area contributed by atoms with Gasteiger partial charge in [0.1, 0.15) is 6.04 Å². The highest BCUT2D eigenvalue weighted by molar-refractivity contribution is 5.73. The Balaban J connectivity index is 2.63. The van der Waals surface area contributed by atoms with Gasteiger partial charge in [-0.3, -0.25) is 9.78 Å². The summed E-state index contributed by atoms with van der Waals surface area (Å²) >= 11 is 0. The quantitative estimate of drug-likeness (QED) is 0.760. The largest absolute Gasteiger partial charge is 0.480 e. The van der Waals surface area contributed by atoms with Gasteiger partial charge in [-0.2, -0.15) is 0 Å². The lowest BCUT2D eigenvalue weighted by molar-refractivity contribution is -0.139. The van der Waals surface area contributed by atoms with Crippen molar-refractivity contribution in [1.82, 2.24) is 10.3 Å². The molecule has 0 fully saturated rings. The van der Waals surface area contributed by atoms with Gasteiger partial charge < -0.3 is 10.4 Å². The second-order valence-electron chi connectivity index (χ2n) is 3.78. The van der Waals surface area contributed by atoms with Gasteiger partial charge in [0, 0.05) is 18.4 Å². The molecule has 0 aliphatic heterocycles. The Morgan fingerprint density at radius 1 is 1.60 bits per heavy atom. The fourth-order valence-electron chi connectivity index (χ4n) is 1.37. The molecule has 1 unspecified atom stereocenters. The van der Waals surface area contributed by atoms with Gasteiger partial charge >= 0.3 is 5.97 Å². The second kappa shape index (κ2) is 5.46. The molecule has 0 bridgehead atoms. The summed E-state index contributed by atoms with van der Waals surface area (Å²) in [5.41, 5.74) is 0.929. The van der Waals surface area contributed by atoms with Crippen molar-refractivity contribution in [2.75, 3.05) is 0 Å². The van der Waals surface area contributed by atoms with Crippen LogP contribution >= 0.6 is 0 Å². The molecule has 0 aliphatic carbocycles. The minimum absolute atomic E-state index is 0.155. The summed E-state index contributed by atoms with van der Waals surface area (Å²) in [4.78, 5) is 14.9. The van der Waals surface area contributed by atoms with E-state index in [-0.39, 0.29) is 6.04 Å². The number of hydrogen-bond donors (Lipinski definition) is 2. The third-order valence-electron chi connectivity index (χ3n) is 2.00. The first-order valence-electron chi connectivity index (χ1n) is 4.97. The Bertz CT molecular complexity index is 312. The van der Waals surface area contributed by atoms with Crippen molar-refractivity contribution in [2.24, 2.45) is 0 Å². The summed E-state index contributed by atoms with van der Waals surface area (Å²) in [6.45, 7) is 3.86. The highest BCUT2D eigenvalue weighted by Gasteiger charge is 2.18. The monoisotopic (exact) mass is 208 g/mol. The average molecular weight is 208 g/mol. The van der Waals surface area contributed by atoms with Crippen molar-refractivity contribution < 1.29 is 9.90 Å². The highest BCUT2D eigenvalue weighted by Crippen LogP contribution is 2.02. The predicted molar refractivity (Wildman–Crippen MR) is 57.6 cm³/mol. The van der Waals surface area contributed by atoms with Gasteiger partial charge in [-0.25, -0.2) is 0 Å². The number of nitrogens with one attached hydrogen (secondary N) is 1. The number of carboxylic acid groups (broad SMARTS) is 1. The van der Waals surface area contributed by atoms with Gasteiger partial charge in [-0.05, 0) is 18.1 Å². The lowest BCUT2D eigenvalue weighted by Gasteiger charge is -2.16. The van der Waals surface area contributed by atoms with Gasteiger partial charge in [0.2, 0.25) is 0 Å². The van der Waals surface area contributed by atoms with Crippen LogP contribution in [-0.2, 0) is 11.2 Å². The third-order valence-corrected chi connectivity index (χ3v) is 2.00.